The molecule has 1 aromatic rings. The number of nitrogens with zero attached hydrogens (tertiary/aromatic N) is 2. The first-order valence-electron chi connectivity index (χ1n) is 7.16. The molecule has 0 aromatic heterocycles. The molecule has 1 fully saturated rings. The van der Waals surface area contributed by atoms with Crippen LogP contribution in [0.2, 0.25) is 0 Å². The zero-order valence-corrected chi connectivity index (χ0v) is 14.0. The number of hydrogen-bond donors (Lipinski definition) is 0. The van der Waals surface area contributed by atoms with E-state index >= 15 is 0 Å². The Labute approximate surface area is 134 Å². The van der Waals surface area contributed by atoms with Gasteiger partial charge in [0.25, 0.3) is 0 Å². The highest BCUT2D eigenvalue weighted by atomic mass is 32.2. The van der Waals surface area contributed by atoms with Crippen LogP contribution < -0.4 is 4.90 Å². The Morgan fingerprint density at radius 1 is 1.39 bits per heavy atom. The largest absolute Gasteiger partial charge is 0.333 e. The lowest BCUT2D eigenvalue weighted by Gasteiger charge is -2.26. The van der Waals surface area contributed by atoms with Crippen molar-refractivity contribution in [3.8, 4) is 0 Å². The lowest BCUT2D eigenvalue weighted by Crippen LogP contribution is -2.48. The number of para-hydroxylation sites is 1. The van der Waals surface area contributed by atoms with E-state index in [2.05, 4.69) is 0 Å². The van der Waals surface area contributed by atoms with Crippen molar-refractivity contribution in [1.82, 2.24) is 4.90 Å². The molecule has 23 heavy (non-hydrogen) atoms. The Morgan fingerprint density at radius 3 is 2.57 bits per heavy atom. The fourth-order valence-corrected chi connectivity index (χ4v) is 3.09. The summed E-state index contributed by atoms with van der Waals surface area (Å²) in [4.78, 5) is 27.2. The minimum Gasteiger partial charge on any atom is -0.333 e. The number of carbonyl (C=O) groups is 2. The number of benzene rings is 1. The molecular formula is C15H19FN2O4S. The van der Waals surface area contributed by atoms with E-state index in [0.717, 1.165) is 11.2 Å². The molecule has 8 heteroatoms. The highest BCUT2D eigenvalue weighted by Crippen LogP contribution is 2.26. The Hall–Kier alpha value is -1.96. The predicted octanol–water partition coefficient (Wildman–Crippen LogP) is 0.823. The van der Waals surface area contributed by atoms with Crippen molar-refractivity contribution in [2.24, 2.45) is 0 Å². The van der Waals surface area contributed by atoms with E-state index < -0.39 is 38.8 Å². The summed E-state index contributed by atoms with van der Waals surface area (Å²) >= 11 is 0. The molecule has 0 aliphatic carbocycles. The molecule has 0 spiro atoms. The van der Waals surface area contributed by atoms with E-state index in [1.165, 1.54) is 37.1 Å². The SMILES string of the molecule is CC(C(=O)N(C)C1CCN(c2ccccc2F)C1=O)S(C)(=O)=O. The second-order valence-electron chi connectivity index (χ2n) is 5.67. The fraction of sp³-hybridized carbons (Fsp3) is 0.467. The maximum atomic E-state index is 13.8. The summed E-state index contributed by atoms with van der Waals surface area (Å²) in [6.45, 7) is 1.57. The lowest BCUT2D eigenvalue weighted by molar-refractivity contribution is -0.136. The Morgan fingerprint density at radius 2 is 2.00 bits per heavy atom. The standard InChI is InChI=1S/C15H19FN2O4S/c1-10(23(3,21)22)14(19)17(2)13-8-9-18(15(13)20)12-7-5-4-6-11(12)16/h4-7,10,13H,8-9H2,1-3H3. The number of hydrogen-bond acceptors (Lipinski definition) is 4. The smallest absolute Gasteiger partial charge is 0.249 e. The Kier molecular flexibility index (Phi) is 4.74. The van der Waals surface area contributed by atoms with Crippen LogP contribution in [0.4, 0.5) is 10.1 Å². The van der Waals surface area contributed by atoms with Crippen molar-refractivity contribution < 1.29 is 22.4 Å². The zero-order valence-electron chi connectivity index (χ0n) is 13.2. The number of sulfone groups is 1. The molecule has 1 saturated heterocycles. The van der Waals surface area contributed by atoms with Gasteiger partial charge in [0.2, 0.25) is 11.8 Å². The van der Waals surface area contributed by atoms with Gasteiger partial charge in [-0.25, -0.2) is 12.8 Å². The van der Waals surface area contributed by atoms with Crippen LogP contribution in [0, 0.1) is 5.82 Å². The molecule has 2 unspecified atom stereocenters. The van der Waals surface area contributed by atoms with E-state index in [1.807, 2.05) is 0 Å². The van der Waals surface area contributed by atoms with Crippen molar-refractivity contribution in [2.75, 3.05) is 24.7 Å². The molecule has 1 aliphatic rings. The zero-order chi connectivity index (χ0) is 17.4. The summed E-state index contributed by atoms with van der Waals surface area (Å²) in [5.41, 5.74) is 0.164. The molecule has 0 bridgehead atoms. The first-order valence-corrected chi connectivity index (χ1v) is 9.11. The lowest BCUT2D eigenvalue weighted by atomic mass is 10.2. The first-order chi connectivity index (χ1) is 10.6. The maximum absolute atomic E-state index is 13.8. The molecule has 6 nitrogen and oxygen atoms in total. The van der Waals surface area contributed by atoms with Gasteiger partial charge < -0.3 is 9.80 Å². The van der Waals surface area contributed by atoms with Gasteiger partial charge in [0.05, 0.1) is 5.69 Å². The average Bonchev–Trinajstić information content (AvgIpc) is 2.86. The molecule has 0 saturated carbocycles. The van der Waals surface area contributed by atoms with Crippen LogP contribution in [0.1, 0.15) is 13.3 Å². The van der Waals surface area contributed by atoms with E-state index in [0.29, 0.717) is 6.42 Å². The van der Waals surface area contributed by atoms with Crippen LogP contribution in [-0.2, 0) is 19.4 Å². The summed E-state index contributed by atoms with van der Waals surface area (Å²) in [7, 11) is -2.14. The molecule has 0 radical (unpaired) electrons. The van der Waals surface area contributed by atoms with Crippen molar-refractivity contribution in [3.63, 3.8) is 0 Å². The summed E-state index contributed by atoms with van der Waals surface area (Å²) in [5.74, 6) is -1.56. The Bertz CT molecular complexity index is 735. The van der Waals surface area contributed by atoms with Gasteiger partial charge >= 0.3 is 0 Å². The van der Waals surface area contributed by atoms with Gasteiger partial charge in [0, 0.05) is 19.8 Å². The number of amides is 2. The minimum atomic E-state index is -3.54. The summed E-state index contributed by atoms with van der Waals surface area (Å²) in [5, 5.41) is -1.22. The van der Waals surface area contributed by atoms with E-state index in [9.17, 15) is 22.4 Å². The normalized spacial score (nSPS) is 19.7. The van der Waals surface area contributed by atoms with Crippen LogP contribution in [0.3, 0.4) is 0 Å². The predicted molar refractivity (Wildman–Crippen MR) is 84.2 cm³/mol. The maximum Gasteiger partial charge on any atom is 0.249 e. The number of rotatable bonds is 4. The van der Waals surface area contributed by atoms with Crippen LogP contribution in [0.25, 0.3) is 0 Å². The van der Waals surface area contributed by atoms with Crippen LogP contribution in [0.15, 0.2) is 24.3 Å². The second-order valence-corrected chi connectivity index (χ2v) is 8.03. The summed E-state index contributed by atoms with van der Waals surface area (Å²) in [6.07, 6.45) is 1.30. The van der Waals surface area contributed by atoms with Crippen molar-refractivity contribution in [2.45, 2.75) is 24.6 Å². The van der Waals surface area contributed by atoms with Gasteiger partial charge in [-0.1, -0.05) is 12.1 Å². The number of anilines is 1. The fourth-order valence-electron chi connectivity index (χ4n) is 2.56. The molecule has 0 N–H and O–H groups in total. The molecule has 1 aromatic carbocycles. The Balaban J connectivity index is 2.19. The first kappa shape index (κ1) is 17.4. The quantitative estimate of drug-likeness (QED) is 0.812. The van der Waals surface area contributed by atoms with Crippen LogP contribution in [0.5, 0.6) is 0 Å². The molecule has 126 valence electrons. The number of carbonyl (C=O) groups excluding carboxylic acids is 2. The van der Waals surface area contributed by atoms with Gasteiger partial charge in [-0.3, -0.25) is 9.59 Å². The summed E-state index contributed by atoms with van der Waals surface area (Å²) in [6, 6.07) is 5.12. The molecule has 1 aliphatic heterocycles. The van der Waals surface area contributed by atoms with Crippen molar-refractivity contribution in [3.05, 3.63) is 30.1 Å². The minimum absolute atomic E-state index is 0.164. The van der Waals surface area contributed by atoms with Gasteiger partial charge in [0.15, 0.2) is 9.84 Å². The van der Waals surface area contributed by atoms with E-state index in [-0.39, 0.29) is 12.2 Å². The second kappa shape index (κ2) is 6.27. The van der Waals surface area contributed by atoms with Crippen molar-refractivity contribution in [1.29, 1.82) is 0 Å². The third-order valence-electron chi connectivity index (χ3n) is 4.13. The third kappa shape index (κ3) is 3.36. The topological polar surface area (TPSA) is 74.8 Å². The highest BCUT2D eigenvalue weighted by Gasteiger charge is 2.40. The number of likely N-dealkylation sites (N-methyl/N-ethyl adjacent to an activating group) is 1. The molecule has 1 heterocycles. The van der Waals surface area contributed by atoms with Gasteiger partial charge in [0.1, 0.15) is 17.1 Å². The van der Waals surface area contributed by atoms with Gasteiger partial charge in [-0.15, -0.1) is 0 Å². The molecule has 2 amide bonds. The summed E-state index contributed by atoms with van der Waals surface area (Å²) < 4.78 is 36.9. The van der Waals surface area contributed by atoms with Gasteiger partial charge in [-0.2, -0.15) is 0 Å². The van der Waals surface area contributed by atoms with Gasteiger partial charge in [-0.05, 0) is 25.5 Å². The van der Waals surface area contributed by atoms with E-state index in [1.54, 1.807) is 6.07 Å². The molecule has 2 atom stereocenters. The molecule has 2 rings (SSSR count). The van der Waals surface area contributed by atoms with Crippen LogP contribution in [-0.4, -0.2) is 56.3 Å². The average molecular weight is 342 g/mol. The monoisotopic (exact) mass is 342 g/mol. The highest BCUT2D eigenvalue weighted by molar-refractivity contribution is 7.92. The third-order valence-corrected chi connectivity index (χ3v) is 5.61. The van der Waals surface area contributed by atoms with E-state index in [4.69, 9.17) is 0 Å². The van der Waals surface area contributed by atoms with Crippen molar-refractivity contribution >= 4 is 27.3 Å². The van der Waals surface area contributed by atoms with Crippen LogP contribution >= 0.6 is 0 Å². The number of halogens is 1. The molecular weight excluding hydrogens is 323 g/mol.